The summed E-state index contributed by atoms with van der Waals surface area (Å²) in [4.78, 5) is 4.20. The average molecular weight is 307 g/mol. The van der Waals surface area contributed by atoms with Gasteiger partial charge in [-0.25, -0.2) is 4.39 Å². The molecule has 2 nitrogen and oxygen atoms in total. The molecule has 3 rings (SSSR count). The molecule has 23 heavy (non-hydrogen) atoms. The van der Waals surface area contributed by atoms with E-state index in [9.17, 15) is 4.39 Å². The van der Waals surface area contributed by atoms with Crippen LogP contribution >= 0.6 is 0 Å². The number of ether oxygens (including phenoxy) is 1. The first-order valence-corrected chi connectivity index (χ1v) is 7.67. The number of aryl methyl sites for hydroxylation is 1. The van der Waals surface area contributed by atoms with Crippen LogP contribution in [0.4, 0.5) is 4.39 Å². The fourth-order valence-electron chi connectivity index (χ4n) is 2.43. The molecule has 3 aromatic rings. The van der Waals surface area contributed by atoms with Crippen molar-refractivity contribution in [3.05, 3.63) is 83.9 Å². The predicted octanol–water partition coefficient (Wildman–Crippen LogP) is 5.03. The quantitative estimate of drug-likeness (QED) is 0.659. The first kappa shape index (κ1) is 15.2. The predicted molar refractivity (Wildman–Crippen MR) is 89.8 cm³/mol. The zero-order valence-electron chi connectivity index (χ0n) is 13.0. The van der Waals surface area contributed by atoms with Crippen molar-refractivity contribution in [2.45, 2.75) is 20.0 Å². The lowest BCUT2D eigenvalue weighted by atomic mass is 10.1. The second-order valence-electron chi connectivity index (χ2n) is 5.35. The minimum absolute atomic E-state index is 0.247. The van der Waals surface area contributed by atoms with Gasteiger partial charge in [-0.2, -0.15) is 0 Å². The zero-order valence-corrected chi connectivity index (χ0v) is 13.0. The minimum Gasteiger partial charge on any atom is -0.489 e. The summed E-state index contributed by atoms with van der Waals surface area (Å²) in [6.45, 7) is 2.52. The Bertz CT molecular complexity index is 801. The number of pyridine rings is 1. The molecule has 2 aromatic carbocycles. The van der Waals surface area contributed by atoms with Gasteiger partial charge in [0.15, 0.2) is 0 Å². The molecule has 0 aliphatic rings. The molecule has 1 heterocycles. The molecule has 0 bridgehead atoms. The Morgan fingerprint density at radius 1 is 0.957 bits per heavy atom. The fraction of sp³-hybridized carbons (Fsp3) is 0.150. The largest absolute Gasteiger partial charge is 0.489 e. The van der Waals surface area contributed by atoms with Crippen LogP contribution in [-0.4, -0.2) is 4.98 Å². The van der Waals surface area contributed by atoms with E-state index in [2.05, 4.69) is 18.0 Å². The van der Waals surface area contributed by atoms with Crippen LogP contribution in [0.2, 0.25) is 0 Å². The van der Waals surface area contributed by atoms with Gasteiger partial charge in [0.1, 0.15) is 18.2 Å². The highest BCUT2D eigenvalue weighted by Crippen LogP contribution is 2.23. The molecule has 0 unspecified atom stereocenters. The van der Waals surface area contributed by atoms with E-state index in [1.54, 1.807) is 24.5 Å². The lowest BCUT2D eigenvalue weighted by Gasteiger charge is -2.09. The molecule has 0 saturated carbocycles. The molecule has 1 aromatic heterocycles. The maximum absolute atomic E-state index is 13.9. The minimum atomic E-state index is -0.247. The van der Waals surface area contributed by atoms with Gasteiger partial charge < -0.3 is 4.74 Å². The van der Waals surface area contributed by atoms with Gasteiger partial charge >= 0.3 is 0 Å². The van der Waals surface area contributed by atoms with Gasteiger partial charge in [0.2, 0.25) is 0 Å². The molecule has 0 atom stereocenters. The molecule has 0 N–H and O–H groups in total. The Hall–Kier alpha value is -2.68. The molecule has 0 fully saturated rings. The highest BCUT2D eigenvalue weighted by molar-refractivity contribution is 5.63. The molecule has 0 spiro atoms. The van der Waals surface area contributed by atoms with Crippen LogP contribution in [0, 0.1) is 5.82 Å². The molecule has 0 amide bonds. The molecular weight excluding hydrogens is 289 g/mol. The Balaban J connectivity index is 1.76. The van der Waals surface area contributed by atoms with Gasteiger partial charge in [0, 0.05) is 29.1 Å². The van der Waals surface area contributed by atoms with E-state index in [0.717, 1.165) is 23.3 Å². The van der Waals surface area contributed by atoms with Crippen molar-refractivity contribution < 1.29 is 9.13 Å². The monoisotopic (exact) mass is 307 g/mol. The second-order valence-corrected chi connectivity index (χ2v) is 5.35. The van der Waals surface area contributed by atoms with Gasteiger partial charge in [-0.1, -0.05) is 37.3 Å². The summed E-state index contributed by atoms with van der Waals surface area (Å²) in [6.07, 6.45) is 4.38. The molecule has 116 valence electrons. The van der Waals surface area contributed by atoms with Crippen molar-refractivity contribution in [2.75, 3.05) is 0 Å². The number of halogens is 1. The third-order valence-electron chi connectivity index (χ3n) is 3.69. The van der Waals surface area contributed by atoms with Crippen LogP contribution in [-0.2, 0) is 13.0 Å². The van der Waals surface area contributed by atoms with Gasteiger partial charge in [0.05, 0.1) is 0 Å². The topological polar surface area (TPSA) is 22.1 Å². The van der Waals surface area contributed by atoms with E-state index in [1.165, 1.54) is 11.6 Å². The smallest absolute Gasteiger partial charge is 0.131 e. The molecule has 0 radical (unpaired) electrons. The van der Waals surface area contributed by atoms with E-state index < -0.39 is 0 Å². The van der Waals surface area contributed by atoms with E-state index in [-0.39, 0.29) is 5.82 Å². The van der Waals surface area contributed by atoms with Gasteiger partial charge in [-0.3, -0.25) is 4.98 Å². The van der Waals surface area contributed by atoms with Gasteiger partial charge in [-0.15, -0.1) is 0 Å². The number of hydrogen-bond acceptors (Lipinski definition) is 2. The lowest BCUT2D eigenvalue weighted by molar-refractivity contribution is 0.305. The summed E-state index contributed by atoms with van der Waals surface area (Å²) in [5.41, 5.74) is 3.45. The number of nitrogens with zero attached hydrogens (tertiary/aromatic N) is 1. The Morgan fingerprint density at radius 3 is 2.65 bits per heavy atom. The lowest BCUT2D eigenvalue weighted by Crippen LogP contribution is -1.97. The van der Waals surface area contributed by atoms with E-state index in [0.29, 0.717) is 12.2 Å². The van der Waals surface area contributed by atoms with Crippen molar-refractivity contribution in [1.82, 2.24) is 4.98 Å². The normalized spacial score (nSPS) is 10.5. The highest BCUT2D eigenvalue weighted by Gasteiger charge is 2.06. The van der Waals surface area contributed by atoms with E-state index in [4.69, 9.17) is 4.74 Å². The summed E-state index contributed by atoms with van der Waals surface area (Å²) >= 11 is 0. The second kappa shape index (κ2) is 7.05. The standard InChI is InChI=1S/C20H18FNO/c1-2-15-6-5-7-18(11-15)23-14-16-10-17(13-22-12-16)19-8-3-4-9-20(19)21/h3-13H,2,14H2,1H3. The first-order chi connectivity index (χ1) is 11.3. The summed E-state index contributed by atoms with van der Waals surface area (Å²) in [5, 5.41) is 0. The van der Waals surface area contributed by atoms with Crippen LogP contribution in [0.3, 0.4) is 0 Å². The number of benzene rings is 2. The Kier molecular flexibility index (Phi) is 4.67. The van der Waals surface area contributed by atoms with Crippen molar-refractivity contribution in [2.24, 2.45) is 0 Å². The molecule has 0 aliphatic heterocycles. The number of aromatic nitrogens is 1. The maximum Gasteiger partial charge on any atom is 0.131 e. The SMILES string of the molecule is CCc1cccc(OCc2cncc(-c3ccccc3F)c2)c1. The van der Waals surface area contributed by atoms with Crippen LogP contribution in [0.15, 0.2) is 67.0 Å². The van der Waals surface area contributed by atoms with Crippen LogP contribution in [0.1, 0.15) is 18.1 Å². The zero-order chi connectivity index (χ0) is 16.1. The fourth-order valence-corrected chi connectivity index (χ4v) is 2.43. The summed E-state index contributed by atoms with van der Waals surface area (Å²) in [7, 11) is 0. The van der Waals surface area contributed by atoms with E-state index in [1.807, 2.05) is 30.3 Å². The van der Waals surface area contributed by atoms with Gasteiger partial charge in [0.25, 0.3) is 0 Å². The number of rotatable bonds is 5. The molecular formula is C20H18FNO. The van der Waals surface area contributed by atoms with Crippen molar-refractivity contribution in [3.63, 3.8) is 0 Å². The van der Waals surface area contributed by atoms with Gasteiger partial charge in [-0.05, 0) is 36.2 Å². The Labute approximate surface area is 135 Å². The van der Waals surface area contributed by atoms with Crippen molar-refractivity contribution in [1.29, 1.82) is 0 Å². The van der Waals surface area contributed by atoms with Crippen LogP contribution in [0.5, 0.6) is 5.75 Å². The number of hydrogen-bond donors (Lipinski definition) is 0. The molecule has 0 aliphatic carbocycles. The van der Waals surface area contributed by atoms with Crippen LogP contribution in [0.25, 0.3) is 11.1 Å². The van der Waals surface area contributed by atoms with Crippen molar-refractivity contribution >= 4 is 0 Å². The molecule has 3 heteroatoms. The van der Waals surface area contributed by atoms with E-state index >= 15 is 0 Å². The highest BCUT2D eigenvalue weighted by atomic mass is 19.1. The third kappa shape index (κ3) is 3.75. The molecule has 0 saturated heterocycles. The summed E-state index contributed by atoms with van der Waals surface area (Å²) in [5.74, 6) is 0.587. The van der Waals surface area contributed by atoms with Crippen LogP contribution < -0.4 is 4.74 Å². The summed E-state index contributed by atoms with van der Waals surface area (Å²) in [6, 6.07) is 16.7. The Morgan fingerprint density at radius 2 is 1.83 bits per heavy atom. The van der Waals surface area contributed by atoms with Crippen molar-refractivity contribution in [3.8, 4) is 16.9 Å². The third-order valence-corrected chi connectivity index (χ3v) is 3.69. The first-order valence-electron chi connectivity index (χ1n) is 7.67. The summed E-state index contributed by atoms with van der Waals surface area (Å²) < 4.78 is 19.7. The average Bonchev–Trinajstić information content (AvgIpc) is 2.61. The maximum atomic E-state index is 13.9.